The zero-order chi connectivity index (χ0) is 21.8. The van der Waals surface area contributed by atoms with Crippen LogP contribution in [0.4, 0.5) is 0 Å². The number of carbonyl (C=O) groups excluding carboxylic acids is 1. The second kappa shape index (κ2) is 9.97. The van der Waals surface area contributed by atoms with Gasteiger partial charge in [-0.1, -0.05) is 17.7 Å². The molecule has 2 aliphatic rings. The number of thiophene rings is 1. The summed E-state index contributed by atoms with van der Waals surface area (Å²) in [7, 11) is -3.79. The highest BCUT2D eigenvalue weighted by molar-refractivity contribution is 7.89. The molecule has 2 saturated heterocycles. The van der Waals surface area contributed by atoms with Crippen LogP contribution in [0.5, 0.6) is 0 Å². The summed E-state index contributed by atoms with van der Waals surface area (Å²) >= 11 is 7.90. The van der Waals surface area contributed by atoms with Crippen molar-refractivity contribution >= 4 is 38.9 Å². The Morgan fingerprint density at radius 1 is 1.16 bits per heavy atom. The lowest BCUT2D eigenvalue weighted by Crippen LogP contribution is -2.40. The van der Waals surface area contributed by atoms with Gasteiger partial charge in [0.2, 0.25) is 10.0 Å². The normalized spacial score (nSPS) is 19.4. The van der Waals surface area contributed by atoms with Crippen LogP contribution in [0.2, 0.25) is 5.02 Å². The molecule has 1 amide bonds. The lowest BCUT2D eigenvalue weighted by Gasteiger charge is -2.27. The van der Waals surface area contributed by atoms with E-state index in [0.29, 0.717) is 19.8 Å². The standard InChI is InChI=1S/C21H26ClN3O4S2/c22-17-6-5-16(14-20(17)31(27,28)25-9-11-29-12-10-25)21(26)23-15-18(19-4-3-13-30-19)24-7-1-2-8-24/h3-6,13-14,18H,1-2,7-12,15H2,(H,23,26)/t18-/m1/s1. The van der Waals surface area contributed by atoms with Gasteiger partial charge in [0.05, 0.1) is 24.3 Å². The number of nitrogens with one attached hydrogen (secondary N) is 1. The summed E-state index contributed by atoms with van der Waals surface area (Å²) in [5.41, 5.74) is 0.280. The molecule has 0 unspecified atom stereocenters. The molecule has 168 valence electrons. The van der Waals surface area contributed by atoms with Crippen molar-refractivity contribution in [2.45, 2.75) is 23.8 Å². The van der Waals surface area contributed by atoms with Crippen LogP contribution in [0.3, 0.4) is 0 Å². The topological polar surface area (TPSA) is 79.0 Å². The fraction of sp³-hybridized carbons (Fsp3) is 0.476. The van der Waals surface area contributed by atoms with Gasteiger partial charge in [-0.15, -0.1) is 11.3 Å². The highest BCUT2D eigenvalue weighted by atomic mass is 35.5. The van der Waals surface area contributed by atoms with Gasteiger partial charge in [0, 0.05) is 30.1 Å². The number of carbonyl (C=O) groups is 1. The summed E-state index contributed by atoms with van der Waals surface area (Å²) in [5.74, 6) is -0.309. The van der Waals surface area contributed by atoms with E-state index in [1.807, 2.05) is 11.4 Å². The Balaban J connectivity index is 1.50. The smallest absolute Gasteiger partial charge is 0.251 e. The van der Waals surface area contributed by atoms with Crippen molar-refractivity contribution in [1.29, 1.82) is 0 Å². The molecule has 3 heterocycles. The summed E-state index contributed by atoms with van der Waals surface area (Å²) in [5, 5.41) is 5.15. The van der Waals surface area contributed by atoms with Gasteiger partial charge in [0.1, 0.15) is 4.90 Å². The number of nitrogens with zero attached hydrogens (tertiary/aromatic N) is 2. The predicted octanol–water partition coefficient (Wildman–Crippen LogP) is 2.99. The second-order valence-corrected chi connectivity index (χ2v) is 10.9. The van der Waals surface area contributed by atoms with Crippen LogP contribution in [-0.2, 0) is 14.8 Å². The Morgan fingerprint density at radius 2 is 1.90 bits per heavy atom. The van der Waals surface area contributed by atoms with Crippen molar-refractivity contribution in [3.63, 3.8) is 0 Å². The maximum absolute atomic E-state index is 13.0. The molecule has 0 saturated carbocycles. The van der Waals surface area contributed by atoms with Gasteiger partial charge in [-0.25, -0.2) is 8.42 Å². The van der Waals surface area contributed by atoms with Gasteiger partial charge in [-0.05, 0) is 55.6 Å². The van der Waals surface area contributed by atoms with Crippen LogP contribution in [0.25, 0.3) is 0 Å². The van der Waals surface area contributed by atoms with Crippen LogP contribution < -0.4 is 5.32 Å². The minimum Gasteiger partial charge on any atom is -0.379 e. The van der Waals surface area contributed by atoms with Gasteiger partial charge in [0.15, 0.2) is 0 Å². The first-order chi connectivity index (χ1) is 15.0. The quantitative estimate of drug-likeness (QED) is 0.655. The highest BCUT2D eigenvalue weighted by Gasteiger charge is 2.29. The van der Waals surface area contributed by atoms with E-state index in [1.54, 1.807) is 17.4 Å². The third-order valence-corrected chi connectivity index (χ3v) is 9.04. The number of sulfonamides is 1. The molecule has 1 atom stereocenters. The van der Waals surface area contributed by atoms with E-state index in [0.717, 1.165) is 25.9 Å². The maximum atomic E-state index is 13.0. The van der Waals surface area contributed by atoms with Crippen molar-refractivity contribution in [3.8, 4) is 0 Å². The van der Waals surface area contributed by atoms with E-state index in [1.165, 1.54) is 21.3 Å². The largest absolute Gasteiger partial charge is 0.379 e. The zero-order valence-electron chi connectivity index (χ0n) is 17.1. The number of hydrogen-bond donors (Lipinski definition) is 1. The first-order valence-corrected chi connectivity index (χ1v) is 13.1. The molecular weight excluding hydrogens is 458 g/mol. The Bertz CT molecular complexity index is 1000. The van der Waals surface area contributed by atoms with Gasteiger partial charge >= 0.3 is 0 Å². The number of ether oxygens (including phenoxy) is 1. The molecular formula is C21H26ClN3O4S2. The van der Waals surface area contributed by atoms with Crippen molar-refractivity contribution in [3.05, 3.63) is 51.2 Å². The Labute approximate surface area is 192 Å². The first kappa shape index (κ1) is 22.7. The predicted molar refractivity (Wildman–Crippen MR) is 121 cm³/mol. The number of morpholine rings is 1. The summed E-state index contributed by atoms with van der Waals surface area (Å²) < 4.78 is 32.6. The molecule has 1 aromatic heterocycles. The molecule has 0 spiro atoms. The number of halogens is 1. The van der Waals surface area contributed by atoms with Gasteiger partial charge < -0.3 is 10.1 Å². The van der Waals surface area contributed by atoms with E-state index < -0.39 is 10.0 Å². The van der Waals surface area contributed by atoms with E-state index in [4.69, 9.17) is 16.3 Å². The molecule has 2 aromatic rings. The fourth-order valence-corrected chi connectivity index (χ4v) is 6.77. The highest BCUT2D eigenvalue weighted by Crippen LogP contribution is 2.29. The van der Waals surface area contributed by atoms with Crippen LogP contribution >= 0.6 is 22.9 Å². The molecule has 1 N–H and O–H groups in total. The van der Waals surface area contributed by atoms with Crippen molar-refractivity contribution in [2.75, 3.05) is 45.9 Å². The molecule has 10 heteroatoms. The second-order valence-electron chi connectivity index (χ2n) is 7.65. The summed E-state index contributed by atoms with van der Waals surface area (Å²) in [6, 6.07) is 8.64. The van der Waals surface area contributed by atoms with Gasteiger partial charge in [-0.3, -0.25) is 9.69 Å². The monoisotopic (exact) mass is 483 g/mol. The third kappa shape index (κ3) is 5.13. The SMILES string of the molecule is O=C(NC[C@H](c1cccs1)N1CCCC1)c1ccc(Cl)c(S(=O)(=O)N2CCOCC2)c1. The number of rotatable bonds is 7. The van der Waals surface area contributed by atoms with E-state index in [9.17, 15) is 13.2 Å². The number of likely N-dealkylation sites (tertiary alicyclic amines) is 1. The molecule has 0 bridgehead atoms. The molecule has 0 aliphatic carbocycles. The van der Waals surface area contributed by atoms with Crippen LogP contribution in [0.1, 0.15) is 34.1 Å². The minimum atomic E-state index is -3.79. The van der Waals surface area contributed by atoms with E-state index in [2.05, 4.69) is 16.3 Å². The number of benzene rings is 1. The molecule has 0 radical (unpaired) electrons. The Morgan fingerprint density at radius 3 is 2.58 bits per heavy atom. The van der Waals surface area contributed by atoms with E-state index >= 15 is 0 Å². The van der Waals surface area contributed by atoms with Gasteiger partial charge in [0.25, 0.3) is 5.91 Å². The third-order valence-electron chi connectivity index (χ3n) is 5.69. The lowest BCUT2D eigenvalue weighted by molar-refractivity contribution is 0.0730. The molecule has 2 aliphatic heterocycles. The molecule has 31 heavy (non-hydrogen) atoms. The average molecular weight is 484 g/mol. The molecule has 4 rings (SSSR count). The minimum absolute atomic E-state index is 0.0435. The maximum Gasteiger partial charge on any atom is 0.251 e. The summed E-state index contributed by atoms with van der Waals surface area (Å²) in [6.45, 7) is 3.73. The van der Waals surface area contributed by atoms with Crippen molar-refractivity contribution in [2.24, 2.45) is 0 Å². The first-order valence-electron chi connectivity index (χ1n) is 10.4. The zero-order valence-corrected chi connectivity index (χ0v) is 19.5. The Hall–Kier alpha value is -1.49. The Kier molecular flexibility index (Phi) is 7.30. The van der Waals surface area contributed by atoms with Crippen molar-refractivity contribution in [1.82, 2.24) is 14.5 Å². The van der Waals surface area contributed by atoms with Gasteiger partial charge in [-0.2, -0.15) is 4.31 Å². The summed E-state index contributed by atoms with van der Waals surface area (Å²) in [4.78, 5) is 16.5. The molecule has 7 nitrogen and oxygen atoms in total. The van der Waals surface area contributed by atoms with Crippen molar-refractivity contribution < 1.29 is 17.9 Å². The van der Waals surface area contributed by atoms with Crippen LogP contribution in [-0.4, -0.2) is 69.5 Å². The summed E-state index contributed by atoms with van der Waals surface area (Å²) in [6.07, 6.45) is 2.32. The van der Waals surface area contributed by atoms with E-state index in [-0.39, 0.29) is 40.5 Å². The number of amides is 1. The molecule has 2 fully saturated rings. The lowest BCUT2D eigenvalue weighted by atomic mass is 10.2. The van der Waals surface area contributed by atoms with Crippen LogP contribution in [0.15, 0.2) is 40.6 Å². The number of hydrogen-bond acceptors (Lipinski definition) is 6. The fourth-order valence-electron chi connectivity index (χ4n) is 4.00. The molecule has 1 aromatic carbocycles. The average Bonchev–Trinajstić information content (AvgIpc) is 3.50. The van der Waals surface area contributed by atoms with Crippen LogP contribution in [0, 0.1) is 0 Å².